The molecule has 0 aromatic heterocycles. The number of nitrogens with zero attached hydrogens (tertiary/aromatic N) is 1. The number of nitrogens with one attached hydrogen (secondary N) is 2. The van der Waals surface area contributed by atoms with Crippen molar-refractivity contribution in [3.63, 3.8) is 0 Å². The maximum atomic E-state index is 13.0. The molecule has 168 valence electrons. The van der Waals surface area contributed by atoms with Gasteiger partial charge in [0.25, 0.3) is 5.91 Å². The SMILES string of the molecule is COc1ccc([C@@H]2[C@H](NC(=O)c3ccc(Cl)cc3)C(=O)N/[N+]2=C\c2ccc(Cl)cc2Cl)cc1. The average Bonchev–Trinajstić information content (AvgIpc) is 3.10. The van der Waals surface area contributed by atoms with Crippen LogP contribution in [0, 0.1) is 0 Å². The van der Waals surface area contributed by atoms with Crippen LogP contribution in [0.15, 0.2) is 66.7 Å². The number of hydrogen-bond donors (Lipinski definition) is 2. The molecule has 1 aliphatic rings. The van der Waals surface area contributed by atoms with Crippen molar-refractivity contribution in [2.24, 2.45) is 0 Å². The second-order valence-corrected chi connectivity index (χ2v) is 8.63. The quantitative estimate of drug-likeness (QED) is 0.497. The van der Waals surface area contributed by atoms with E-state index in [4.69, 9.17) is 39.5 Å². The van der Waals surface area contributed by atoms with Gasteiger partial charge in [-0.2, -0.15) is 0 Å². The number of carbonyl (C=O) groups excluding carboxylic acids is 2. The monoisotopic (exact) mass is 502 g/mol. The van der Waals surface area contributed by atoms with Gasteiger partial charge in [-0.1, -0.05) is 34.8 Å². The molecule has 2 amide bonds. The number of benzene rings is 3. The van der Waals surface area contributed by atoms with E-state index in [0.29, 0.717) is 31.9 Å². The van der Waals surface area contributed by atoms with Crippen LogP contribution in [0.5, 0.6) is 5.75 Å². The topological polar surface area (TPSA) is 70.4 Å². The number of halogens is 3. The van der Waals surface area contributed by atoms with E-state index in [1.165, 1.54) is 0 Å². The van der Waals surface area contributed by atoms with Crippen molar-refractivity contribution in [3.05, 3.63) is 98.5 Å². The molecule has 4 rings (SSSR count). The van der Waals surface area contributed by atoms with Crippen LogP contribution in [-0.4, -0.2) is 35.9 Å². The van der Waals surface area contributed by atoms with Gasteiger partial charge in [-0.15, -0.1) is 10.1 Å². The summed E-state index contributed by atoms with van der Waals surface area (Å²) in [6.45, 7) is 0. The fourth-order valence-corrected chi connectivity index (χ4v) is 4.15. The molecular formula is C24H19Cl3N3O3+. The molecule has 0 bridgehead atoms. The molecule has 0 radical (unpaired) electrons. The van der Waals surface area contributed by atoms with Gasteiger partial charge in [0.2, 0.25) is 12.3 Å². The van der Waals surface area contributed by atoms with Crippen molar-refractivity contribution in [2.75, 3.05) is 7.11 Å². The number of methoxy groups -OCH3 is 1. The highest BCUT2D eigenvalue weighted by molar-refractivity contribution is 6.36. The summed E-state index contributed by atoms with van der Waals surface area (Å²) in [7, 11) is 1.58. The lowest BCUT2D eigenvalue weighted by Crippen LogP contribution is -2.42. The maximum absolute atomic E-state index is 13.0. The Hall–Kier alpha value is -3.06. The van der Waals surface area contributed by atoms with Crippen LogP contribution in [-0.2, 0) is 4.79 Å². The van der Waals surface area contributed by atoms with E-state index in [0.717, 1.165) is 5.56 Å². The van der Waals surface area contributed by atoms with Crippen LogP contribution in [0.1, 0.15) is 27.5 Å². The fraction of sp³-hybridized carbons (Fsp3) is 0.125. The first-order valence-corrected chi connectivity index (χ1v) is 11.1. The molecule has 1 fully saturated rings. The van der Waals surface area contributed by atoms with Gasteiger partial charge in [0.05, 0.1) is 17.7 Å². The van der Waals surface area contributed by atoms with Crippen LogP contribution in [0.3, 0.4) is 0 Å². The summed E-state index contributed by atoms with van der Waals surface area (Å²) >= 11 is 18.3. The Labute approximate surface area is 205 Å². The Bertz CT molecular complexity index is 1230. The van der Waals surface area contributed by atoms with E-state index < -0.39 is 18.0 Å². The van der Waals surface area contributed by atoms with Gasteiger partial charge in [0.1, 0.15) is 5.75 Å². The first-order chi connectivity index (χ1) is 15.9. The number of hydrazine groups is 1. The number of hydrazone groups is 1. The van der Waals surface area contributed by atoms with Crippen molar-refractivity contribution in [2.45, 2.75) is 12.1 Å². The van der Waals surface area contributed by atoms with Gasteiger partial charge in [0, 0.05) is 21.2 Å². The van der Waals surface area contributed by atoms with Crippen LogP contribution in [0.2, 0.25) is 15.1 Å². The zero-order valence-corrected chi connectivity index (χ0v) is 19.7. The molecule has 0 unspecified atom stereocenters. The smallest absolute Gasteiger partial charge is 0.304 e. The molecular weight excluding hydrogens is 485 g/mol. The van der Waals surface area contributed by atoms with Crippen molar-refractivity contribution < 1.29 is 19.0 Å². The molecule has 1 saturated heterocycles. The Morgan fingerprint density at radius 2 is 1.67 bits per heavy atom. The predicted molar refractivity (Wildman–Crippen MR) is 128 cm³/mol. The van der Waals surface area contributed by atoms with Crippen LogP contribution < -0.4 is 15.5 Å². The molecule has 0 spiro atoms. The molecule has 2 N–H and O–H groups in total. The number of carbonyl (C=O) groups is 2. The van der Waals surface area contributed by atoms with Gasteiger partial charge < -0.3 is 10.1 Å². The lowest BCUT2D eigenvalue weighted by atomic mass is 9.99. The zero-order valence-electron chi connectivity index (χ0n) is 17.4. The minimum absolute atomic E-state index is 0.362. The van der Waals surface area contributed by atoms with Gasteiger partial charge >= 0.3 is 5.91 Å². The van der Waals surface area contributed by atoms with Crippen LogP contribution >= 0.6 is 34.8 Å². The molecule has 0 saturated carbocycles. The van der Waals surface area contributed by atoms with E-state index in [-0.39, 0.29) is 5.91 Å². The van der Waals surface area contributed by atoms with Crippen molar-refractivity contribution in [1.82, 2.24) is 10.7 Å². The van der Waals surface area contributed by atoms with E-state index in [9.17, 15) is 9.59 Å². The van der Waals surface area contributed by atoms with Gasteiger partial charge in [-0.25, -0.2) is 0 Å². The van der Waals surface area contributed by atoms with E-state index in [1.807, 2.05) is 12.1 Å². The summed E-state index contributed by atoms with van der Waals surface area (Å²) in [6, 6.07) is 17.4. The summed E-state index contributed by atoms with van der Waals surface area (Å²) in [5.41, 5.74) is 4.66. The first-order valence-electron chi connectivity index (χ1n) is 9.95. The van der Waals surface area contributed by atoms with Gasteiger partial charge in [-0.3, -0.25) is 9.59 Å². The molecule has 3 aromatic carbocycles. The standard InChI is InChI=1S/C24H18Cl3N3O3/c1-33-19-10-5-14(6-11-19)22-21(28-23(31)15-2-7-17(25)8-3-15)24(32)29-30(22)13-16-4-9-18(26)12-20(16)27/h2-13,21-22H,1H3,(H-,28,29,31,32)/p+1/b30-13-/t21-,22+/m0/s1. The summed E-state index contributed by atoms with van der Waals surface area (Å²) in [5, 5.41) is 4.29. The van der Waals surface area contributed by atoms with Crippen molar-refractivity contribution >= 4 is 52.8 Å². The van der Waals surface area contributed by atoms with E-state index >= 15 is 0 Å². The number of amides is 2. The first kappa shape index (κ1) is 23.1. The highest BCUT2D eigenvalue weighted by atomic mass is 35.5. The molecule has 2 atom stereocenters. The third-order valence-electron chi connectivity index (χ3n) is 5.23. The third-order valence-corrected chi connectivity index (χ3v) is 6.04. The van der Waals surface area contributed by atoms with E-state index in [1.54, 1.807) is 72.6 Å². The maximum Gasteiger partial charge on any atom is 0.304 e. The Morgan fingerprint density at radius 3 is 2.30 bits per heavy atom. The second-order valence-electron chi connectivity index (χ2n) is 7.35. The Balaban J connectivity index is 1.72. The Morgan fingerprint density at radius 1 is 1.00 bits per heavy atom. The number of hydrogen-bond acceptors (Lipinski definition) is 3. The molecule has 9 heteroatoms. The van der Waals surface area contributed by atoms with Gasteiger partial charge in [0.15, 0.2) is 6.04 Å². The summed E-state index contributed by atoms with van der Waals surface area (Å²) in [6.07, 6.45) is 1.71. The molecule has 0 aliphatic carbocycles. The minimum atomic E-state index is -0.871. The average molecular weight is 504 g/mol. The van der Waals surface area contributed by atoms with Gasteiger partial charge in [-0.05, 0) is 66.7 Å². The number of rotatable bonds is 5. The Kier molecular flexibility index (Phi) is 6.88. The van der Waals surface area contributed by atoms with Crippen molar-refractivity contribution in [3.8, 4) is 5.75 Å². The lowest BCUT2D eigenvalue weighted by Gasteiger charge is -2.15. The normalized spacial score (nSPS) is 18.8. The fourth-order valence-electron chi connectivity index (χ4n) is 3.56. The summed E-state index contributed by atoms with van der Waals surface area (Å²) < 4.78 is 6.88. The van der Waals surface area contributed by atoms with Crippen molar-refractivity contribution in [1.29, 1.82) is 0 Å². The van der Waals surface area contributed by atoms with Crippen LogP contribution in [0.25, 0.3) is 0 Å². The lowest BCUT2D eigenvalue weighted by molar-refractivity contribution is -0.596. The largest absolute Gasteiger partial charge is 0.497 e. The third kappa shape index (κ3) is 5.14. The van der Waals surface area contributed by atoms with Crippen LogP contribution in [0.4, 0.5) is 0 Å². The second kappa shape index (κ2) is 9.83. The molecule has 1 aliphatic heterocycles. The predicted octanol–water partition coefficient (Wildman–Crippen LogP) is 4.67. The highest BCUT2D eigenvalue weighted by Crippen LogP contribution is 2.28. The highest BCUT2D eigenvalue weighted by Gasteiger charge is 2.47. The number of ether oxygens (including phenoxy) is 1. The molecule has 6 nitrogen and oxygen atoms in total. The molecule has 33 heavy (non-hydrogen) atoms. The van der Waals surface area contributed by atoms with E-state index in [2.05, 4.69) is 10.7 Å². The summed E-state index contributed by atoms with van der Waals surface area (Å²) in [5.74, 6) is -0.0785. The summed E-state index contributed by atoms with van der Waals surface area (Å²) in [4.78, 5) is 25.8. The minimum Gasteiger partial charge on any atom is -0.497 e. The molecule has 1 heterocycles. The zero-order chi connectivity index (χ0) is 23.5. The molecule has 3 aromatic rings.